The Labute approximate surface area is 393 Å². The summed E-state index contributed by atoms with van der Waals surface area (Å²) in [4.78, 5) is 0. The molecule has 0 bridgehead atoms. The molecule has 3 N–H and O–H groups in total. The number of ether oxygens (including phenoxy) is 6. The molecule has 0 saturated heterocycles. The van der Waals surface area contributed by atoms with E-state index in [1.807, 2.05) is 20.8 Å². The molecule has 0 heterocycles. The van der Waals surface area contributed by atoms with E-state index in [1.54, 1.807) is 26.8 Å². The van der Waals surface area contributed by atoms with Crippen molar-refractivity contribution in [2.75, 3.05) is 59.5 Å². The van der Waals surface area contributed by atoms with E-state index >= 15 is 0 Å². The minimum absolute atomic E-state index is 0. The Balaban J connectivity index is -0.000000184. The third-order valence-electron chi connectivity index (χ3n) is 7.38. The highest BCUT2D eigenvalue weighted by Crippen LogP contribution is 2.26. The minimum Gasteiger partial charge on any atom is -0.440 e. The third-order valence-corrected chi connectivity index (χ3v) is 27.2. The SMILES string of the molecule is C.C.C.C.C=CCOCC(C)OCC(C)O.CC(O)COC(C)COCCC[Si](C)(C)O[Si](C)(C)O[Si](C)(C)CCCOCC(C)OCC(C)O.C[SiH](C)O[Si](C)(C)O[SiH](C)C. The average molecular weight is 1000 g/mol. The normalized spacial score (nSPS) is 14.8. The molecule has 384 valence electrons. The Kier molecular flexibility index (Phi) is 53.0. The van der Waals surface area contributed by atoms with Gasteiger partial charge in [-0.25, -0.2) is 0 Å². The van der Waals surface area contributed by atoms with Crippen LogP contribution in [0.25, 0.3) is 0 Å². The molecule has 19 heteroatoms. The molecule has 62 heavy (non-hydrogen) atoms. The molecule has 0 spiro atoms. The first-order valence-corrected chi connectivity index (χ1v) is 38.9. The van der Waals surface area contributed by atoms with Gasteiger partial charge in [-0.05, 0) is 145 Å². The van der Waals surface area contributed by atoms with Gasteiger partial charge in [-0.2, -0.15) is 0 Å². The average Bonchev–Trinajstić information content (AvgIpc) is 3.03. The molecule has 0 aromatic carbocycles. The summed E-state index contributed by atoms with van der Waals surface area (Å²) in [6.45, 7) is 45.5. The zero-order valence-corrected chi connectivity index (χ0v) is 46.8. The maximum atomic E-state index is 9.28. The van der Waals surface area contributed by atoms with Crippen molar-refractivity contribution in [1.29, 1.82) is 0 Å². The van der Waals surface area contributed by atoms with E-state index in [-0.39, 0.29) is 48.0 Å². The van der Waals surface area contributed by atoms with Crippen molar-refractivity contribution in [2.45, 2.75) is 211 Å². The highest BCUT2D eigenvalue weighted by atomic mass is 28.5. The largest absolute Gasteiger partial charge is 0.440 e. The van der Waals surface area contributed by atoms with E-state index in [4.69, 9.17) is 50.0 Å². The van der Waals surface area contributed by atoms with Crippen LogP contribution in [0.2, 0.25) is 90.7 Å². The standard InChI is InChI=1S/C24H56O8Si3.C9H18O3.C6H20O2Si3.4CH4/c1-21(25)17-29-23(3)19-27-13-11-15-33(5,6)31-35(9,10)32-34(7,8)16-12-14-28-20-24(4)30-18-22(2)26;1-4-5-11-7-9(3)12-6-8(2)10;1-9(2)7-11(5,6)8-10(3)4;;;;/h21-26H,11-20H2,1-10H3;4,8-10H,1,5-7H2,2-3H3;9-10H,1-6H3;4*1H4. The number of rotatable bonds is 33. The molecule has 6 atom stereocenters. The summed E-state index contributed by atoms with van der Waals surface area (Å²) in [5.74, 6) is 0. The lowest BCUT2D eigenvalue weighted by molar-refractivity contribution is -0.0363. The van der Waals surface area contributed by atoms with Crippen molar-refractivity contribution in [3.05, 3.63) is 12.7 Å². The predicted molar refractivity (Wildman–Crippen MR) is 282 cm³/mol. The summed E-state index contributed by atoms with van der Waals surface area (Å²) in [5.41, 5.74) is 0. The molecule has 0 aromatic heterocycles. The first-order chi connectivity index (χ1) is 26.5. The van der Waals surface area contributed by atoms with Crippen molar-refractivity contribution >= 4 is 51.8 Å². The maximum absolute atomic E-state index is 9.28. The van der Waals surface area contributed by atoms with Crippen LogP contribution in [0.5, 0.6) is 0 Å². The van der Waals surface area contributed by atoms with Gasteiger partial charge >= 0.3 is 17.1 Å². The molecule has 0 fully saturated rings. The lowest BCUT2D eigenvalue weighted by Gasteiger charge is -2.38. The van der Waals surface area contributed by atoms with Gasteiger partial charge in [0.2, 0.25) is 0 Å². The zero-order chi connectivity index (χ0) is 45.6. The van der Waals surface area contributed by atoms with Crippen LogP contribution in [0.3, 0.4) is 0 Å². The van der Waals surface area contributed by atoms with Gasteiger partial charge in [-0.15, -0.1) is 6.58 Å². The maximum Gasteiger partial charge on any atom is 0.311 e. The topological polar surface area (TPSA) is 153 Å². The second-order valence-electron chi connectivity index (χ2n) is 18.0. The van der Waals surface area contributed by atoms with Crippen LogP contribution in [0.1, 0.15) is 84.1 Å². The van der Waals surface area contributed by atoms with Gasteiger partial charge < -0.3 is 60.2 Å². The Hall–Kier alpha value is 0.521. The summed E-state index contributed by atoms with van der Waals surface area (Å²) < 4.78 is 57.9. The van der Waals surface area contributed by atoms with E-state index < -0.39 is 70.1 Å². The molecule has 0 rings (SSSR count). The summed E-state index contributed by atoms with van der Waals surface area (Å²) in [5, 5.41) is 27.5. The van der Waals surface area contributed by atoms with Crippen molar-refractivity contribution in [3.8, 4) is 0 Å². The van der Waals surface area contributed by atoms with Crippen molar-refractivity contribution in [2.24, 2.45) is 0 Å². The fourth-order valence-electron chi connectivity index (χ4n) is 5.69. The lowest BCUT2D eigenvalue weighted by Crippen LogP contribution is -2.52. The summed E-state index contributed by atoms with van der Waals surface area (Å²) >= 11 is 0. The number of hydrogen-bond donors (Lipinski definition) is 3. The molecular weight excluding hydrogens is 893 g/mol. The van der Waals surface area contributed by atoms with Gasteiger partial charge in [0.25, 0.3) is 0 Å². The number of aliphatic hydroxyl groups is 3. The molecular formula is C43H110O13Si6. The predicted octanol–water partition coefficient (Wildman–Crippen LogP) is 9.72. The Bertz CT molecular complexity index is 907. The van der Waals surface area contributed by atoms with Crippen LogP contribution in [-0.4, -0.2) is 163 Å². The lowest BCUT2D eigenvalue weighted by atomic mass is 10.4. The van der Waals surface area contributed by atoms with Gasteiger partial charge in [-0.3, -0.25) is 0 Å². The molecule has 6 unspecified atom stereocenters. The summed E-state index contributed by atoms with van der Waals surface area (Å²) in [7, 11) is -9.45. The number of aliphatic hydroxyl groups excluding tert-OH is 3. The molecule has 0 saturated carbocycles. The molecule has 0 aliphatic heterocycles. The van der Waals surface area contributed by atoms with Gasteiger partial charge in [0.15, 0.2) is 34.7 Å². The highest BCUT2D eigenvalue weighted by molar-refractivity contribution is 6.87. The minimum atomic E-state index is -2.24. The smallest absolute Gasteiger partial charge is 0.311 e. The van der Waals surface area contributed by atoms with E-state index in [1.165, 1.54) is 0 Å². The summed E-state index contributed by atoms with van der Waals surface area (Å²) in [6, 6.07) is 2.06. The zero-order valence-electron chi connectivity index (χ0n) is 40.5. The third kappa shape index (κ3) is 58.5. The fourth-order valence-corrected chi connectivity index (χ4v) is 29.5. The second kappa shape index (κ2) is 42.8. The number of hydrogen-bond acceptors (Lipinski definition) is 13. The van der Waals surface area contributed by atoms with Crippen molar-refractivity contribution in [3.63, 3.8) is 0 Å². The van der Waals surface area contributed by atoms with Gasteiger partial charge in [0.1, 0.15) is 0 Å². The van der Waals surface area contributed by atoms with Crippen LogP contribution in [0, 0.1) is 0 Å². The van der Waals surface area contributed by atoms with E-state index in [0.717, 1.165) is 24.9 Å². The van der Waals surface area contributed by atoms with Crippen molar-refractivity contribution < 1.29 is 60.2 Å². The molecule has 13 nitrogen and oxygen atoms in total. The van der Waals surface area contributed by atoms with Gasteiger partial charge in [0, 0.05) is 13.2 Å². The van der Waals surface area contributed by atoms with E-state index in [0.29, 0.717) is 59.5 Å². The quantitative estimate of drug-likeness (QED) is 0.0325. The molecule has 0 radical (unpaired) electrons. The van der Waals surface area contributed by atoms with Gasteiger partial charge in [-0.1, -0.05) is 35.8 Å². The Morgan fingerprint density at radius 3 is 1.03 bits per heavy atom. The fraction of sp³-hybridized carbons (Fsp3) is 0.953. The Morgan fingerprint density at radius 2 is 0.774 bits per heavy atom. The molecule has 0 amide bonds. The summed E-state index contributed by atoms with van der Waals surface area (Å²) in [6.07, 6.45) is 2.30. The van der Waals surface area contributed by atoms with Gasteiger partial charge in [0.05, 0.1) is 82.9 Å². The molecule has 0 aromatic rings. The van der Waals surface area contributed by atoms with Crippen LogP contribution in [0.4, 0.5) is 0 Å². The van der Waals surface area contributed by atoms with Crippen LogP contribution in [0.15, 0.2) is 12.7 Å². The van der Waals surface area contributed by atoms with Crippen LogP contribution >= 0.6 is 0 Å². The van der Waals surface area contributed by atoms with E-state index in [2.05, 4.69) is 85.1 Å². The monoisotopic (exact) mass is 1000 g/mol. The second-order valence-corrected chi connectivity index (χ2v) is 39.4. The highest BCUT2D eigenvalue weighted by Gasteiger charge is 2.39. The van der Waals surface area contributed by atoms with Crippen molar-refractivity contribution in [1.82, 2.24) is 0 Å². The first kappa shape index (κ1) is 76.8. The first-order valence-electron chi connectivity index (χ1n) is 21.5. The molecule has 0 aliphatic rings. The van der Waals surface area contributed by atoms with E-state index in [9.17, 15) is 10.2 Å². The Morgan fingerprint density at radius 1 is 0.484 bits per heavy atom. The molecule has 0 aliphatic carbocycles. The van der Waals surface area contributed by atoms with Crippen LogP contribution < -0.4 is 0 Å². The van der Waals surface area contributed by atoms with Crippen LogP contribution in [-0.2, 0) is 44.9 Å².